The third-order valence-electron chi connectivity index (χ3n) is 24.2. The standard InChI is InChI=1S/C110H68N6O2/c1-4-27-69(28-5-1)71-53-59-75(60-54-71)104-111-103(74-31-8-3-9-32-74)113-107(114-104)90-42-13-11-36-82(90)88-44-26-51-98-102(88)118-100-68-80(65-66-96(100)110(98)93-47-20-16-39-85(93)86-40-17-21-48-94(86)110)79-34-24-33-78(67-79)73-57-63-77(64-58-73)106-112-105(76-61-55-72(56-62-76)70-29-6-2-7-30-70)115-108(116-106)89-41-12-10-35-81(89)87-43-25-50-97-101(87)117-99-52-23-22-49-95(99)109(97)91-45-18-14-37-83(91)84-38-15-19-46-92(84)109/h1-68H. The maximum absolute atomic E-state index is 7.66. The molecule has 118 heavy (non-hydrogen) atoms. The van der Waals surface area contributed by atoms with Gasteiger partial charge in [-0.25, -0.2) is 29.9 Å². The number of hydrogen-bond donors (Lipinski definition) is 0. The Hall–Kier alpha value is -15.6. The van der Waals surface area contributed by atoms with Gasteiger partial charge < -0.3 is 9.47 Å². The molecule has 2 aliphatic carbocycles. The van der Waals surface area contributed by atoms with Gasteiger partial charge in [0.05, 0.1) is 10.8 Å². The maximum atomic E-state index is 7.66. The van der Waals surface area contributed by atoms with Crippen molar-refractivity contribution < 1.29 is 9.47 Å². The van der Waals surface area contributed by atoms with Crippen LogP contribution in [0.25, 0.3) is 157 Å². The van der Waals surface area contributed by atoms with Crippen LogP contribution in [0.5, 0.6) is 23.0 Å². The fourth-order valence-corrected chi connectivity index (χ4v) is 18.9. The zero-order valence-corrected chi connectivity index (χ0v) is 63.8. The van der Waals surface area contributed by atoms with Crippen molar-refractivity contribution >= 4 is 0 Å². The second kappa shape index (κ2) is 27.6. The Morgan fingerprint density at radius 2 is 0.390 bits per heavy atom. The highest BCUT2D eigenvalue weighted by atomic mass is 16.5. The molecule has 0 radical (unpaired) electrons. The molecule has 550 valence electrons. The molecule has 17 aromatic carbocycles. The smallest absolute Gasteiger partial charge is 0.164 e. The average Bonchev–Trinajstić information content (AvgIpc) is 1.49. The van der Waals surface area contributed by atoms with Crippen molar-refractivity contribution in [3.05, 3.63) is 457 Å². The highest BCUT2D eigenvalue weighted by molar-refractivity contribution is 5.96. The van der Waals surface area contributed by atoms with Crippen molar-refractivity contribution in [2.75, 3.05) is 0 Å². The van der Waals surface area contributed by atoms with E-state index in [-0.39, 0.29) is 0 Å². The summed E-state index contributed by atoms with van der Waals surface area (Å²) in [5.74, 6) is 6.52. The molecule has 0 amide bonds. The van der Waals surface area contributed by atoms with Crippen molar-refractivity contribution in [2.24, 2.45) is 0 Å². The van der Waals surface area contributed by atoms with Gasteiger partial charge in [-0.2, -0.15) is 0 Å². The van der Waals surface area contributed by atoms with E-state index < -0.39 is 10.8 Å². The summed E-state index contributed by atoms with van der Waals surface area (Å²) in [5, 5.41) is 0. The van der Waals surface area contributed by atoms with E-state index in [1.54, 1.807) is 0 Å². The van der Waals surface area contributed by atoms with Crippen molar-refractivity contribution in [3.63, 3.8) is 0 Å². The van der Waals surface area contributed by atoms with Gasteiger partial charge in [0.15, 0.2) is 34.9 Å². The van der Waals surface area contributed by atoms with Gasteiger partial charge in [0.2, 0.25) is 0 Å². The molecule has 0 unspecified atom stereocenters. The van der Waals surface area contributed by atoms with Crippen LogP contribution in [0.15, 0.2) is 413 Å². The molecule has 0 saturated carbocycles. The van der Waals surface area contributed by atoms with Crippen LogP contribution in [-0.4, -0.2) is 29.9 Å². The molecule has 8 nitrogen and oxygen atoms in total. The molecular formula is C110H68N6O2. The van der Waals surface area contributed by atoms with Crippen molar-refractivity contribution in [3.8, 4) is 180 Å². The second-order valence-electron chi connectivity index (χ2n) is 30.6. The van der Waals surface area contributed by atoms with Crippen LogP contribution in [0.3, 0.4) is 0 Å². The number of para-hydroxylation sites is 3. The number of benzene rings is 17. The Morgan fingerprint density at radius 1 is 0.144 bits per heavy atom. The van der Waals surface area contributed by atoms with Gasteiger partial charge in [-0.1, -0.05) is 394 Å². The number of nitrogens with zero attached hydrogens (tertiary/aromatic N) is 6. The van der Waals surface area contributed by atoms with E-state index in [1.807, 2.05) is 30.3 Å². The van der Waals surface area contributed by atoms with E-state index in [1.165, 1.54) is 44.5 Å². The second-order valence-corrected chi connectivity index (χ2v) is 30.6. The molecule has 4 heterocycles. The van der Waals surface area contributed by atoms with Gasteiger partial charge in [-0.3, -0.25) is 0 Å². The first kappa shape index (κ1) is 68.0. The zero-order valence-electron chi connectivity index (χ0n) is 63.8. The van der Waals surface area contributed by atoms with Gasteiger partial charge in [0.25, 0.3) is 0 Å². The molecule has 0 fully saturated rings. The lowest BCUT2D eigenvalue weighted by molar-refractivity contribution is 0.438. The van der Waals surface area contributed by atoms with Crippen molar-refractivity contribution in [1.29, 1.82) is 0 Å². The number of hydrogen-bond acceptors (Lipinski definition) is 8. The molecule has 23 rings (SSSR count). The van der Waals surface area contributed by atoms with Gasteiger partial charge >= 0.3 is 0 Å². The Bertz CT molecular complexity index is 7140. The van der Waals surface area contributed by atoms with E-state index in [0.29, 0.717) is 34.9 Å². The summed E-state index contributed by atoms with van der Waals surface area (Å²) < 4.78 is 14.9. The van der Waals surface area contributed by atoms with Crippen LogP contribution in [0, 0.1) is 0 Å². The van der Waals surface area contributed by atoms with E-state index in [4.69, 9.17) is 39.4 Å². The topological polar surface area (TPSA) is 95.8 Å². The highest BCUT2D eigenvalue weighted by Crippen LogP contribution is 2.66. The van der Waals surface area contributed by atoms with Crippen molar-refractivity contribution in [2.45, 2.75) is 10.8 Å². The number of aromatic nitrogens is 6. The molecule has 19 aromatic rings. The van der Waals surface area contributed by atoms with Gasteiger partial charge in [0, 0.05) is 66.8 Å². The quantitative estimate of drug-likeness (QED) is 0.119. The lowest BCUT2D eigenvalue weighted by Gasteiger charge is -2.40. The third-order valence-corrected chi connectivity index (χ3v) is 24.2. The molecular weight excluding hydrogens is 1440 g/mol. The van der Waals surface area contributed by atoms with Crippen LogP contribution in [-0.2, 0) is 10.8 Å². The molecule has 2 spiro atoms. The summed E-state index contributed by atoms with van der Waals surface area (Å²) in [4.78, 5) is 32.1. The van der Waals surface area contributed by atoms with E-state index in [2.05, 4.69) is 382 Å². The minimum absolute atomic E-state index is 0.540. The molecule has 0 N–H and O–H groups in total. The zero-order chi connectivity index (χ0) is 77.8. The minimum atomic E-state index is -0.753. The Kier molecular flexibility index (Phi) is 15.9. The lowest BCUT2D eigenvalue weighted by atomic mass is 9.65. The van der Waals surface area contributed by atoms with E-state index in [9.17, 15) is 0 Å². The predicted molar refractivity (Wildman–Crippen MR) is 473 cm³/mol. The van der Waals surface area contributed by atoms with E-state index in [0.717, 1.165) is 145 Å². The first-order chi connectivity index (χ1) is 58.5. The van der Waals surface area contributed by atoms with Crippen LogP contribution in [0.4, 0.5) is 0 Å². The van der Waals surface area contributed by atoms with Gasteiger partial charge in [0.1, 0.15) is 23.0 Å². The normalized spacial score (nSPS) is 13.0. The van der Waals surface area contributed by atoms with Crippen LogP contribution < -0.4 is 9.47 Å². The molecule has 0 saturated heterocycles. The first-order valence-corrected chi connectivity index (χ1v) is 40.0. The largest absolute Gasteiger partial charge is 0.456 e. The summed E-state index contributed by atoms with van der Waals surface area (Å²) in [5.41, 5.74) is 30.2. The molecule has 2 aliphatic heterocycles. The monoisotopic (exact) mass is 1500 g/mol. The van der Waals surface area contributed by atoms with Crippen LogP contribution in [0.1, 0.15) is 44.5 Å². The summed E-state index contributed by atoms with van der Waals surface area (Å²) >= 11 is 0. The molecule has 0 bridgehead atoms. The SMILES string of the molecule is c1ccc(-c2ccc(-c3nc(-c4ccc(-c5cccc(-c6ccc7c(c6)Oc6c(-c8ccccc8-c8nc(-c9ccccc9)nc(-c9ccc(-c%10ccccc%10)cc9)n8)cccc6C76c7ccccc7-c7ccccc76)c5)cc4)nc(-c4ccccc4-c4cccc5c4Oc4ccccc4C54c5ccccc5-c5ccccc54)n3)cc2)cc1. The molecule has 8 heteroatoms. The fourth-order valence-electron chi connectivity index (χ4n) is 18.9. The summed E-state index contributed by atoms with van der Waals surface area (Å²) in [6.45, 7) is 0. The minimum Gasteiger partial charge on any atom is -0.456 e. The Labute approximate surface area is 683 Å². The van der Waals surface area contributed by atoms with Gasteiger partial charge in [-0.15, -0.1) is 0 Å². The maximum Gasteiger partial charge on any atom is 0.164 e. The summed E-state index contributed by atoms with van der Waals surface area (Å²) in [7, 11) is 0. The van der Waals surface area contributed by atoms with Gasteiger partial charge in [-0.05, 0) is 118 Å². The Balaban J connectivity index is 0.622. The summed E-state index contributed by atoms with van der Waals surface area (Å²) in [6.07, 6.45) is 0. The fraction of sp³-hybridized carbons (Fsp3) is 0.0182. The Morgan fingerprint density at radius 3 is 0.814 bits per heavy atom. The van der Waals surface area contributed by atoms with E-state index >= 15 is 0 Å². The number of fused-ring (bicyclic) bond motifs is 18. The molecule has 2 aromatic heterocycles. The number of ether oxygens (including phenoxy) is 2. The highest BCUT2D eigenvalue weighted by Gasteiger charge is 2.53. The third kappa shape index (κ3) is 10.8. The first-order valence-electron chi connectivity index (χ1n) is 40.0. The van der Waals surface area contributed by atoms with Crippen LogP contribution >= 0.6 is 0 Å². The lowest BCUT2D eigenvalue weighted by Crippen LogP contribution is -2.32. The predicted octanol–water partition coefficient (Wildman–Crippen LogP) is 27.0. The molecule has 4 aliphatic rings. The summed E-state index contributed by atoms with van der Waals surface area (Å²) in [6, 6.07) is 146. The van der Waals surface area contributed by atoms with Crippen LogP contribution in [0.2, 0.25) is 0 Å². The van der Waals surface area contributed by atoms with Crippen molar-refractivity contribution in [1.82, 2.24) is 29.9 Å². The number of rotatable bonds is 12. The molecule has 0 atom stereocenters. The average molecular weight is 1510 g/mol.